The van der Waals surface area contributed by atoms with Gasteiger partial charge in [0.2, 0.25) is 10.0 Å². The fourth-order valence-corrected chi connectivity index (χ4v) is 4.52. The average molecular weight is 347 g/mol. The predicted molar refractivity (Wildman–Crippen MR) is 92.0 cm³/mol. The highest BCUT2D eigenvalue weighted by Gasteiger charge is 2.27. The van der Waals surface area contributed by atoms with Crippen molar-refractivity contribution in [2.45, 2.75) is 30.2 Å². The first-order chi connectivity index (χ1) is 11.5. The number of nitrogens with one attached hydrogen (secondary N) is 1. The van der Waals surface area contributed by atoms with Crippen LogP contribution < -0.4 is 14.2 Å². The molecule has 0 aliphatic heterocycles. The summed E-state index contributed by atoms with van der Waals surface area (Å²) in [6.45, 7) is 0. The number of ether oxygens (including phenoxy) is 2. The summed E-state index contributed by atoms with van der Waals surface area (Å²) in [6.07, 6.45) is 2.74. The molecule has 1 atom stereocenters. The van der Waals surface area contributed by atoms with Gasteiger partial charge in [-0.2, -0.15) is 0 Å². The molecule has 0 saturated carbocycles. The number of methoxy groups -OCH3 is 2. The van der Waals surface area contributed by atoms with E-state index in [0.29, 0.717) is 5.75 Å². The molecule has 0 amide bonds. The Bertz CT molecular complexity index is 833. The van der Waals surface area contributed by atoms with Crippen LogP contribution >= 0.6 is 0 Å². The van der Waals surface area contributed by atoms with E-state index >= 15 is 0 Å². The van der Waals surface area contributed by atoms with E-state index in [-0.39, 0.29) is 16.7 Å². The van der Waals surface area contributed by atoms with Crippen LogP contribution in [0.25, 0.3) is 0 Å². The van der Waals surface area contributed by atoms with Gasteiger partial charge in [0, 0.05) is 12.1 Å². The van der Waals surface area contributed by atoms with Crippen LogP contribution in [0.4, 0.5) is 0 Å². The van der Waals surface area contributed by atoms with E-state index in [1.807, 2.05) is 18.2 Å². The maximum absolute atomic E-state index is 12.9. The standard InChI is InChI=1S/C18H21NO4S/c1-22-14-10-11-18(17(12-14)23-2)24(20,21)19-16-9-5-7-13-6-3-4-8-15(13)16/h3-4,6,8,10-12,16,19H,5,7,9H2,1-2H3. The van der Waals surface area contributed by atoms with Crippen molar-refractivity contribution in [2.24, 2.45) is 0 Å². The first kappa shape index (κ1) is 16.8. The molecule has 6 heteroatoms. The van der Waals surface area contributed by atoms with Crippen molar-refractivity contribution in [1.82, 2.24) is 4.72 Å². The molecule has 1 aliphatic carbocycles. The molecule has 5 nitrogen and oxygen atoms in total. The van der Waals surface area contributed by atoms with E-state index in [1.165, 1.54) is 25.8 Å². The van der Waals surface area contributed by atoms with E-state index in [0.717, 1.165) is 24.8 Å². The Kier molecular flexibility index (Phi) is 4.78. The third kappa shape index (κ3) is 3.25. The Balaban J connectivity index is 1.93. The predicted octanol–water partition coefficient (Wildman–Crippen LogP) is 3.06. The summed E-state index contributed by atoms with van der Waals surface area (Å²) in [5, 5.41) is 0. The number of hydrogen-bond acceptors (Lipinski definition) is 4. The Hall–Kier alpha value is -2.05. The molecule has 2 aromatic carbocycles. The monoisotopic (exact) mass is 347 g/mol. The average Bonchev–Trinajstić information content (AvgIpc) is 2.61. The highest BCUT2D eigenvalue weighted by Crippen LogP contribution is 2.33. The summed E-state index contributed by atoms with van der Waals surface area (Å²) < 4.78 is 38.9. The quantitative estimate of drug-likeness (QED) is 0.903. The van der Waals surface area contributed by atoms with Gasteiger partial charge in [-0.15, -0.1) is 0 Å². The van der Waals surface area contributed by atoms with Gasteiger partial charge in [0.25, 0.3) is 0 Å². The van der Waals surface area contributed by atoms with Crippen molar-refractivity contribution in [1.29, 1.82) is 0 Å². The van der Waals surface area contributed by atoms with Crippen LogP contribution in [0.5, 0.6) is 11.5 Å². The Labute approximate surface area is 142 Å². The first-order valence-electron chi connectivity index (χ1n) is 7.87. The molecule has 0 heterocycles. The molecule has 0 spiro atoms. The van der Waals surface area contributed by atoms with Gasteiger partial charge >= 0.3 is 0 Å². The van der Waals surface area contributed by atoms with Gasteiger partial charge in [0.05, 0.1) is 14.2 Å². The number of hydrogen-bond donors (Lipinski definition) is 1. The minimum atomic E-state index is -3.70. The zero-order valence-corrected chi connectivity index (χ0v) is 14.6. The van der Waals surface area contributed by atoms with Crippen molar-refractivity contribution in [3.8, 4) is 11.5 Å². The van der Waals surface area contributed by atoms with E-state index in [4.69, 9.17) is 9.47 Å². The lowest BCUT2D eigenvalue weighted by atomic mass is 9.88. The zero-order valence-electron chi connectivity index (χ0n) is 13.8. The smallest absolute Gasteiger partial charge is 0.244 e. The molecule has 0 aromatic heterocycles. The highest BCUT2D eigenvalue weighted by molar-refractivity contribution is 7.89. The molecule has 0 saturated heterocycles. The van der Waals surface area contributed by atoms with Crippen LogP contribution in [0.1, 0.15) is 30.0 Å². The largest absolute Gasteiger partial charge is 0.497 e. The van der Waals surface area contributed by atoms with Crippen LogP contribution in [0.2, 0.25) is 0 Å². The lowest BCUT2D eigenvalue weighted by molar-refractivity contribution is 0.385. The SMILES string of the molecule is COc1ccc(S(=O)(=O)NC2CCCc3ccccc32)c(OC)c1. The van der Waals surface area contributed by atoms with Gasteiger partial charge in [-0.25, -0.2) is 13.1 Å². The summed E-state index contributed by atoms with van der Waals surface area (Å²) in [5.41, 5.74) is 2.26. The van der Waals surface area contributed by atoms with Gasteiger partial charge in [-0.3, -0.25) is 0 Å². The van der Waals surface area contributed by atoms with Crippen LogP contribution in [0.3, 0.4) is 0 Å². The summed E-state index contributed by atoms with van der Waals surface area (Å²) >= 11 is 0. The lowest BCUT2D eigenvalue weighted by Gasteiger charge is -2.26. The Morgan fingerprint density at radius 3 is 2.62 bits per heavy atom. The summed E-state index contributed by atoms with van der Waals surface area (Å²) in [4.78, 5) is 0.119. The van der Waals surface area contributed by atoms with Crippen LogP contribution in [0.15, 0.2) is 47.4 Å². The second-order valence-corrected chi connectivity index (χ2v) is 7.46. The maximum Gasteiger partial charge on any atom is 0.244 e. The number of sulfonamides is 1. The minimum absolute atomic E-state index is 0.119. The lowest BCUT2D eigenvalue weighted by Crippen LogP contribution is -2.31. The molecule has 2 aromatic rings. The van der Waals surface area contributed by atoms with Gasteiger partial charge < -0.3 is 9.47 Å². The van der Waals surface area contributed by atoms with E-state index in [2.05, 4.69) is 10.8 Å². The second-order valence-electron chi connectivity index (χ2n) is 5.78. The molecule has 1 aliphatic rings. The number of fused-ring (bicyclic) bond motifs is 1. The highest BCUT2D eigenvalue weighted by atomic mass is 32.2. The normalized spacial score (nSPS) is 17.2. The summed E-state index contributed by atoms with van der Waals surface area (Å²) in [6, 6.07) is 12.5. The molecule has 0 bridgehead atoms. The van der Waals surface area contributed by atoms with Gasteiger partial charge in [0.1, 0.15) is 16.4 Å². The molecule has 24 heavy (non-hydrogen) atoms. The number of rotatable bonds is 5. The van der Waals surface area contributed by atoms with Crippen molar-refractivity contribution in [2.75, 3.05) is 14.2 Å². The number of benzene rings is 2. The molecule has 1 unspecified atom stereocenters. The van der Waals surface area contributed by atoms with E-state index < -0.39 is 10.0 Å². The molecule has 0 radical (unpaired) electrons. The summed E-state index contributed by atoms with van der Waals surface area (Å²) in [7, 11) is -0.725. The molecule has 128 valence electrons. The van der Waals surface area contributed by atoms with Gasteiger partial charge in [-0.05, 0) is 42.5 Å². The molecular formula is C18H21NO4S. The number of aryl methyl sites for hydroxylation is 1. The van der Waals surface area contributed by atoms with Gasteiger partial charge in [-0.1, -0.05) is 24.3 Å². The minimum Gasteiger partial charge on any atom is -0.497 e. The van der Waals surface area contributed by atoms with Crippen LogP contribution in [-0.2, 0) is 16.4 Å². The van der Waals surface area contributed by atoms with Crippen LogP contribution in [0, 0.1) is 0 Å². The maximum atomic E-state index is 12.9. The third-order valence-corrected chi connectivity index (χ3v) is 5.84. The van der Waals surface area contributed by atoms with E-state index in [9.17, 15) is 8.42 Å². The molecule has 0 fully saturated rings. The zero-order chi connectivity index (χ0) is 17.2. The first-order valence-corrected chi connectivity index (χ1v) is 9.35. The summed E-state index contributed by atoms with van der Waals surface area (Å²) in [5.74, 6) is 0.819. The van der Waals surface area contributed by atoms with Crippen molar-refractivity contribution >= 4 is 10.0 Å². The third-order valence-electron chi connectivity index (χ3n) is 4.33. The fourth-order valence-electron chi connectivity index (χ4n) is 3.12. The van der Waals surface area contributed by atoms with Crippen molar-refractivity contribution < 1.29 is 17.9 Å². The van der Waals surface area contributed by atoms with Crippen molar-refractivity contribution in [3.63, 3.8) is 0 Å². The Morgan fingerprint density at radius 2 is 1.88 bits per heavy atom. The fraction of sp³-hybridized carbons (Fsp3) is 0.333. The molecule has 1 N–H and O–H groups in total. The molecule has 3 rings (SSSR count). The van der Waals surface area contributed by atoms with Gasteiger partial charge in [0.15, 0.2) is 0 Å². The van der Waals surface area contributed by atoms with Crippen LogP contribution in [-0.4, -0.2) is 22.6 Å². The second kappa shape index (κ2) is 6.83. The molecular weight excluding hydrogens is 326 g/mol. The van der Waals surface area contributed by atoms with E-state index in [1.54, 1.807) is 12.1 Å². The topological polar surface area (TPSA) is 64.6 Å². The Morgan fingerprint density at radius 1 is 1.08 bits per heavy atom. The van der Waals surface area contributed by atoms with Crippen molar-refractivity contribution in [3.05, 3.63) is 53.6 Å².